The van der Waals surface area contributed by atoms with Crippen molar-refractivity contribution in [2.45, 2.75) is 46.1 Å². The lowest BCUT2D eigenvalue weighted by atomic mass is 9.80. The Morgan fingerprint density at radius 1 is 1.17 bits per heavy atom. The van der Waals surface area contributed by atoms with Crippen molar-refractivity contribution in [2.75, 3.05) is 46.9 Å². The van der Waals surface area contributed by atoms with Gasteiger partial charge in [0.1, 0.15) is 0 Å². The van der Waals surface area contributed by atoms with E-state index in [1.165, 1.54) is 45.4 Å². The second-order valence-corrected chi connectivity index (χ2v) is 6.00. The van der Waals surface area contributed by atoms with Crippen molar-refractivity contribution >= 4 is 0 Å². The molecule has 2 aliphatic rings. The maximum Gasteiger partial charge on any atom is 0.0710 e. The summed E-state index contributed by atoms with van der Waals surface area (Å²) in [6, 6.07) is 0. The van der Waals surface area contributed by atoms with E-state index in [1.54, 1.807) is 0 Å². The lowest BCUT2D eigenvalue weighted by molar-refractivity contribution is 0.0764. The summed E-state index contributed by atoms with van der Waals surface area (Å²) in [5.41, 5.74) is 0.537. The topological polar surface area (TPSA) is 15.7 Å². The van der Waals surface area contributed by atoms with E-state index >= 15 is 0 Å². The minimum absolute atomic E-state index is 0.481. The first-order valence-corrected chi connectivity index (χ1v) is 7.55. The van der Waals surface area contributed by atoms with Crippen LogP contribution in [0.2, 0.25) is 0 Å². The fourth-order valence-electron chi connectivity index (χ4n) is 2.99. The first-order valence-electron chi connectivity index (χ1n) is 7.55. The molecule has 0 spiro atoms. The van der Waals surface area contributed by atoms with Crippen molar-refractivity contribution < 1.29 is 4.74 Å². The molecule has 18 heavy (non-hydrogen) atoms. The third-order valence-corrected chi connectivity index (χ3v) is 4.36. The van der Waals surface area contributed by atoms with Crippen LogP contribution in [0.3, 0.4) is 0 Å². The SMILES string of the molecule is CC.COC1CCN(CC2(C)CCN(C)CC2)C1. The number of hydrogen-bond donors (Lipinski definition) is 0. The third-order valence-electron chi connectivity index (χ3n) is 4.36. The van der Waals surface area contributed by atoms with Gasteiger partial charge in [0, 0.05) is 26.7 Å². The van der Waals surface area contributed by atoms with E-state index in [0.29, 0.717) is 11.5 Å². The van der Waals surface area contributed by atoms with Crippen LogP contribution in [-0.2, 0) is 4.74 Å². The highest BCUT2D eigenvalue weighted by Crippen LogP contribution is 2.32. The number of piperidine rings is 1. The Morgan fingerprint density at radius 2 is 1.78 bits per heavy atom. The molecule has 0 aliphatic carbocycles. The Morgan fingerprint density at radius 3 is 2.28 bits per heavy atom. The molecule has 0 aromatic rings. The molecule has 108 valence electrons. The summed E-state index contributed by atoms with van der Waals surface area (Å²) >= 11 is 0. The minimum atomic E-state index is 0.481. The highest BCUT2D eigenvalue weighted by atomic mass is 16.5. The van der Waals surface area contributed by atoms with E-state index in [9.17, 15) is 0 Å². The Bertz CT molecular complexity index is 225. The molecule has 0 aromatic carbocycles. The van der Waals surface area contributed by atoms with Gasteiger partial charge in [-0.1, -0.05) is 20.8 Å². The minimum Gasteiger partial charge on any atom is -0.380 e. The smallest absolute Gasteiger partial charge is 0.0710 e. The Hall–Kier alpha value is -0.120. The van der Waals surface area contributed by atoms with Crippen LogP contribution >= 0.6 is 0 Å². The van der Waals surface area contributed by atoms with Gasteiger partial charge in [0.25, 0.3) is 0 Å². The average Bonchev–Trinajstić information content (AvgIpc) is 2.83. The average molecular weight is 256 g/mol. The molecule has 1 unspecified atom stereocenters. The van der Waals surface area contributed by atoms with E-state index < -0.39 is 0 Å². The van der Waals surface area contributed by atoms with Gasteiger partial charge in [-0.2, -0.15) is 0 Å². The number of hydrogen-bond acceptors (Lipinski definition) is 3. The van der Waals surface area contributed by atoms with Crippen molar-refractivity contribution in [3.63, 3.8) is 0 Å². The monoisotopic (exact) mass is 256 g/mol. The van der Waals surface area contributed by atoms with E-state index in [1.807, 2.05) is 21.0 Å². The molecule has 2 heterocycles. The van der Waals surface area contributed by atoms with Crippen molar-refractivity contribution in [1.82, 2.24) is 9.80 Å². The zero-order valence-corrected chi connectivity index (χ0v) is 13.0. The maximum absolute atomic E-state index is 5.43. The van der Waals surface area contributed by atoms with Gasteiger partial charge in [-0.3, -0.25) is 0 Å². The number of ether oxygens (including phenoxy) is 1. The molecule has 0 saturated carbocycles. The van der Waals surface area contributed by atoms with Gasteiger partial charge in [0.15, 0.2) is 0 Å². The van der Waals surface area contributed by atoms with Gasteiger partial charge < -0.3 is 14.5 Å². The second-order valence-electron chi connectivity index (χ2n) is 6.00. The Labute approximate surface area is 113 Å². The fourth-order valence-corrected chi connectivity index (χ4v) is 2.99. The summed E-state index contributed by atoms with van der Waals surface area (Å²) < 4.78 is 5.43. The largest absolute Gasteiger partial charge is 0.380 e. The van der Waals surface area contributed by atoms with Crippen LogP contribution in [0.15, 0.2) is 0 Å². The summed E-state index contributed by atoms with van der Waals surface area (Å²) in [5.74, 6) is 0. The summed E-state index contributed by atoms with van der Waals surface area (Å²) in [6.07, 6.45) is 4.39. The molecule has 2 rings (SSSR count). The summed E-state index contributed by atoms with van der Waals surface area (Å²) in [6.45, 7) is 12.6. The molecule has 3 nitrogen and oxygen atoms in total. The van der Waals surface area contributed by atoms with Crippen molar-refractivity contribution in [3.05, 3.63) is 0 Å². The van der Waals surface area contributed by atoms with E-state index in [4.69, 9.17) is 4.74 Å². The number of methoxy groups -OCH3 is 1. The van der Waals surface area contributed by atoms with Crippen LogP contribution in [0.4, 0.5) is 0 Å². The Kier molecular flexibility index (Phi) is 6.61. The standard InChI is InChI=1S/C13H26N2O.C2H6/c1-13(5-8-14(2)9-6-13)11-15-7-4-12(10-15)16-3;1-2/h12H,4-11H2,1-3H3;1-2H3. The van der Waals surface area contributed by atoms with Crippen LogP contribution in [0.25, 0.3) is 0 Å². The first kappa shape index (κ1) is 15.9. The van der Waals surface area contributed by atoms with Gasteiger partial charge in [-0.25, -0.2) is 0 Å². The molecule has 0 bridgehead atoms. The number of likely N-dealkylation sites (tertiary alicyclic amines) is 2. The number of nitrogens with zero attached hydrogens (tertiary/aromatic N) is 2. The lowest BCUT2D eigenvalue weighted by Gasteiger charge is -2.40. The lowest BCUT2D eigenvalue weighted by Crippen LogP contribution is -2.43. The molecule has 1 atom stereocenters. The molecular weight excluding hydrogens is 224 g/mol. The third kappa shape index (κ3) is 4.52. The van der Waals surface area contributed by atoms with Crippen LogP contribution < -0.4 is 0 Å². The molecule has 0 amide bonds. The van der Waals surface area contributed by atoms with Crippen molar-refractivity contribution in [1.29, 1.82) is 0 Å². The molecule has 0 N–H and O–H groups in total. The van der Waals surface area contributed by atoms with Crippen molar-refractivity contribution in [2.24, 2.45) is 5.41 Å². The predicted molar refractivity (Wildman–Crippen MR) is 78.0 cm³/mol. The first-order chi connectivity index (χ1) is 8.61. The summed E-state index contributed by atoms with van der Waals surface area (Å²) in [4.78, 5) is 5.04. The molecule has 2 saturated heterocycles. The van der Waals surface area contributed by atoms with Crippen LogP contribution in [0, 0.1) is 5.41 Å². The number of rotatable bonds is 3. The zero-order chi connectivity index (χ0) is 13.6. The quantitative estimate of drug-likeness (QED) is 0.771. The van der Waals surface area contributed by atoms with Crippen molar-refractivity contribution in [3.8, 4) is 0 Å². The highest BCUT2D eigenvalue weighted by Gasteiger charge is 2.33. The fraction of sp³-hybridized carbons (Fsp3) is 1.00. The molecular formula is C15H32N2O. The Balaban J connectivity index is 0.000000771. The summed E-state index contributed by atoms with van der Waals surface area (Å²) in [7, 11) is 4.07. The second kappa shape index (κ2) is 7.46. The maximum atomic E-state index is 5.43. The van der Waals surface area contributed by atoms with Crippen LogP contribution in [0.5, 0.6) is 0 Å². The predicted octanol–water partition coefficient (Wildman–Crippen LogP) is 2.47. The van der Waals surface area contributed by atoms with Gasteiger partial charge in [0.2, 0.25) is 0 Å². The molecule has 0 radical (unpaired) electrons. The molecule has 2 aliphatic heterocycles. The summed E-state index contributed by atoms with van der Waals surface area (Å²) in [5, 5.41) is 0. The van der Waals surface area contributed by atoms with E-state index in [0.717, 1.165) is 6.54 Å². The van der Waals surface area contributed by atoms with Gasteiger partial charge in [-0.05, 0) is 44.8 Å². The van der Waals surface area contributed by atoms with Gasteiger partial charge >= 0.3 is 0 Å². The molecule has 3 heteroatoms. The van der Waals surface area contributed by atoms with Crippen LogP contribution in [0.1, 0.15) is 40.0 Å². The van der Waals surface area contributed by atoms with Gasteiger partial charge in [-0.15, -0.1) is 0 Å². The molecule has 2 fully saturated rings. The van der Waals surface area contributed by atoms with E-state index in [-0.39, 0.29) is 0 Å². The zero-order valence-electron chi connectivity index (χ0n) is 13.0. The normalized spacial score (nSPS) is 28.8. The van der Waals surface area contributed by atoms with E-state index in [2.05, 4.69) is 23.8 Å². The van der Waals surface area contributed by atoms with Crippen LogP contribution in [-0.4, -0.2) is 62.8 Å². The molecule has 0 aromatic heterocycles. The highest BCUT2D eigenvalue weighted by molar-refractivity contribution is 4.87. The van der Waals surface area contributed by atoms with Gasteiger partial charge in [0.05, 0.1) is 6.10 Å².